The molecule has 2 heterocycles. The summed E-state index contributed by atoms with van der Waals surface area (Å²) in [7, 11) is 0. The summed E-state index contributed by atoms with van der Waals surface area (Å²) in [5.74, 6) is 1.67. The topological polar surface area (TPSA) is 76.5 Å². The molecule has 124 valence electrons. The molecule has 0 spiro atoms. The van der Waals surface area contributed by atoms with Crippen LogP contribution in [0, 0.1) is 19.8 Å². The molecular weight excluding hydrogens is 302 g/mol. The largest absolute Gasteiger partial charge is 0.313 e. The fraction of sp³-hybridized carbons (Fsp3) is 0.333. The van der Waals surface area contributed by atoms with Gasteiger partial charge in [0.25, 0.3) is 5.56 Å². The van der Waals surface area contributed by atoms with Crippen LogP contribution >= 0.6 is 0 Å². The number of aromatic amines is 1. The van der Waals surface area contributed by atoms with E-state index in [9.17, 15) is 4.79 Å². The molecule has 1 N–H and O–H groups in total. The Bertz CT molecular complexity index is 923. The summed E-state index contributed by atoms with van der Waals surface area (Å²) in [6.45, 7) is 8.36. The van der Waals surface area contributed by atoms with E-state index in [1.54, 1.807) is 4.68 Å². The second-order valence-electron chi connectivity index (χ2n) is 6.42. The molecule has 1 aromatic carbocycles. The number of nitrogens with zero attached hydrogens (tertiary/aromatic N) is 4. The molecule has 0 aliphatic carbocycles. The predicted molar refractivity (Wildman–Crippen MR) is 93.2 cm³/mol. The van der Waals surface area contributed by atoms with Crippen molar-refractivity contribution in [2.24, 2.45) is 5.92 Å². The van der Waals surface area contributed by atoms with Gasteiger partial charge in [-0.25, -0.2) is 14.6 Å². The number of aryl methyl sites for hydroxylation is 2. The zero-order valence-corrected chi connectivity index (χ0v) is 14.4. The van der Waals surface area contributed by atoms with Crippen LogP contribution in [-0.2, 0) is 6.42 Å². The standard InChI is InChI=1S/C18H21N5O/c1-11(2)7-16-21-17(15-9-19-10-20-18(15)24)23(22-16)14-6-5-12(3)13(4)8-14/h5-6,8-11H,7H2,1-4H3,(H,19,20,24). The molecule has 0 radical (unpaired) electrons. The van der Waals surface area contributed by atoms with Gasteiger partial charge in [0.15, 0.2) is 11.6 Å². The summed E-state index contributed by atoms with van der Waals surface area (Å²) < 4.78 is 1.73. The van der Waals surface area contributed by atoms with Crippen LogP contribution < -0.4 is 5.56 Å². The van der Waals surface area contributed by atoms with Crippen molar-refractivity contribution in [3.8, 4) is 17.1 Å². The number of hydrogen-bond donors (Lipinski definition) is 1. The molecular formula is C18H21N5O. The Hall–Kier alpha value is -2.76. The average molecular weight is 323 g/mol. The summed E-state index contributed by atoms with van der Waals surface area (Å²) in [6, 6.07) is 6.09. The van der Waals surface area contributed by atoms with E-state index in [4.69, 9.17) is 0 Å². The number of benzene rings is 1. The number of rotatable bonds is 4. The molecule has 0 unspecified atom stereocenters. The Labute approximate surface area is 140 Å². The Balaban J connectivity index is 2.19. The normalized spacial score (nSPS) is 11.2. The van der Waals surface area contributed by atoms with Gasteiger partial charge in [-0.15, -0.1) is 0 Å². The van der Waals surface area contributed by atoms with Gasteiger partial charge in [0, 0.05) is 12.6 Å². The quantitative estimate of drug-likeness (QED) is 0.801. The Morgan fingerprint density at radius 1 is 1.21 bits per heavy atom. The van der Waals surface area contributed by atoms with E-state index in [1.165, 1.54) is 23.7 Å². The molecule has 0 amide bonds. The first-order chi connectivity index (χ1) is 11.5. The van der Waals surface area contributed by atoms with Gasteiger partial charge in [0.1, 0.15) is 5.56 Å². The first-order valence-corrected chi connectivity index (χ1v) is 8.02. The molecule has 0 aliphatic rings. The zero-order chi connectivity index (χ0) is 17.3. The summed E-state index contributed by atoms with van der Waals surface area (Å²) in [5, 5.41) is 4.63. The third-order valence-corrected chi connectivity index (χ3v) is 3.94. The third kappa shape index (κ3) is 3.13. The maximum atomic E-state index is 12.2. The summed E-state index contributed by atoms with van der Waals surface area (Å²) >= 11 is 0. The molecule has 6 heteroatoms. The highest BCUT2D eigenvalue weighted by Gasteiger charge is 2.17. The fourth-order valence-electron chi connectivity index (χ4n) is 2.52. The molecule has 0 saturated heterocycles. The lowest BCUT2D eigenvalue weighted by molar-refractivity contribution is 0.618. The van der Waals surface area contributed by atoms with Gasteiger partial charge in [-0.3, -0.25) is 4.79 Å². The van der Waals surface area contributed by atoms with Gasteiger partial charge < -0.3 is 4.98 Å². The first-order valence-electron chi connectivity index (χ1n) is 8.02. The zero-order valence-electron chi connectivity index (χ0n) is 14.4. The van der Waals surface area contributed by atoms with Crippen molar-refractivity contribution in [3.63, 3.8) is 0 Å². The smallest absolute Gasteiger partial charge is 0.261 e. The highest BCUT2D eigenvalue weighted by molar-refractivity contribution is 5.56. The summed E-state index contributed by atoms with van der Waals surface area (Å²) in [4.78, 5) is 23.4. The van der Waals surface area contributed by atoms with Gasteiger partial charge in [-0.1, -0.05) is 19.9 Å². The van der Waals surface area contributed by atoms with Gasteiger partial charge >= 0.3 is 0 Å². The van der Waals surface area contributed by atoms with E-state index in [1.807, 2.05) is 12.1 Å². The minimum absolute atomic E-state index is 0.224. The highest BCUT2D eigenvalue weighted by Crippen LogP contribution is 2.21. The monoisotopic (exact) mass is 323 g/mol. The minimum Gasteiger partial charge on any atom is -0.313 e. The molecule has 0 saturated carbocycles. The molecule has 0 bridgehead atoms. The maximum absolute atomic E-state index is 12.2. The molecule has 0 aliphatic heterocycles. The minimum atomic E-state index is -0.224. The van der Waals surface area contributed by atoms with Crippen molar-refractivity contribution in [3.05, 3.63) is 58.0 Å². The second kappa shape index (κ2) is 6.39. The molecule has 24 heavy (non-hydrogen) atoms. The van der Waals surface area contributed by atoms with Crippen molar-refractivity contribution in [1.29, 1.82) is 0 Å². The van der Waals surface area contributed by atoms with Gasteiger partial charge in [0.05, 0.1) is 12.0 Å². The number of aromatic nitrogens is 5. The van der Waals surface area contributed by atoms with E-state index in [0.29, 0.717) is 17.3 Å². The van der Waals surface area contributed by atoms with Crippen LogP contribution in [0.25, 0.3) is 17.1 Å². The van der Waals surface area contributed by atoms with Gasteiger partial charge in [-0.2, -0.15) is 5.10 Å². The molecule has 3 rings (SSSR count). The van der Waals surface area contributed by atoms with E-state index < -0.39 is 0 Å². The Kier molecular flexibility index (Phi) is 4.29. The number of nitrogens with one attached hydrogen (secondary N) is 1. The second-order valence-corrected chi connectivity index (χ2v) is 6.42. The van der Waals surface area contributed by atoms with Crippen LogP contribution in [0.4, 0.5) is 0 Å². The molecule has 2 aromatic heterocycles. The lowest BCUT2D eigenvalue weighted by Gasteiger charge is -2.07. The van der Waals surface area contributed by atoms with Crippen LogP contribution in [0.3, 0.4) is 0 Å². The van der Waals surface area contributed by atoms with Crippen LogP contribution in [-0.4, -0.2) is 24.7 Å². The van der Waals surface area contributed by atoms with Crippen LogP contribution in [0.1, 0.15) is 30.8 Å². The Morgan fingerprint density at radius 3 is 2.67 bits per heavy atom. The van der Waals surface area contributed by atoms with Gasteiger partial charge in [0.2, 0.25) is 0 Å². The van der Waals surface area contributed by atoms with Crippen molar-refractivity contribution in [2.75, 3.05) is 0 Å². The van der Waals surface area contributed by atoms with Gasteiger partial charge in [-0.05, 0) is 43.0 Å². The van der Waals surface area contributed by atoms with Crippen molar-refractivity contribution in [1.82, 2.24) is 24.7 Å². The molecule has 6 nitrogen and oxygen atoms in total. The summed E-state index contributed by atoms with van der Waals surface area (Å²) in [5.41, 5.74) is 3.46. The molecule has 0 fully saturated rings. The first kappa shape index (κ1) is 16.1. The summed E-state index contributed by atoms with van der Waals surface area (Å²) in [6.07, 6.45) is 3.65. The van der Waals surface area contributed by atoms with Crippen molar-refractivity contribution in [2.45, 2.75) is 34.1 Å². The number of hydrogen-bond acceptors (Lipinski definition) is 4. The Morgan fingerprint density at radius 2 is 2.00 bits per heavy atom. The van der Waals surface area contributed by atoms with E-state index in [-0.39, 0.29) is 5.56 Å². The maximum Gasteiger partial charge on any atom is 0.261 e. The van der Waals surface area contributed by atoms with Crippen molar-refractivity contribution < 1.29 is 0 Å². The molecule has 3 aromatic rings. The van der Waals surface area contributed by atoms with E-state index >= 15 is 0 Å². The fourth-order valence-corrected chi connectivity index (χ4v) is 2.52. The van der Waals surface area contributed by atoms with Crippen molar-refractivity contribution >= 4 is 0 Å². The van der Waals surface area contributed by atoms with Crippen LogP contribution in [0.15, 0.2) is 35.5 Å². The third-order valence-electron chi connectivity index (χ3n) is 3.94. The SMILES string of the molecule is Cc1ccc(-n2nc(CC(C)C)nc2-c2cnc[nH]c2=O)cc1C. The van der Waals surface area contributed by atoms with Crippen LogP contribution in [0.5, 0.6) is 0 Å². The molecule has 0 atom stereocenters. The van der Waals surface area contributed by atoms with Crippen LogP contribution in [0.2, 0.25) is 0 Å². The average Bonchev–Trinajstić information content (AvgIpc) is 2.93. The lowest BCUT2D eigenvalue weighted by atomic mass is 10.1. The van der Waals surface area contributed by atoms with E-state index in [0.717, 1.165) is 17.9 Å². The highest BCUT2D eigenvalue weighted by atomic mass is 16.1. The van der Waals surface area contributed by atoms with E-state index in [2.05, 4.69) is 53.8 Å². The predicted octanol–water partition coefficient (Wildman–Crippen LogP) is 2.83. The number of H-pyrrole nitrogens is 1. The lowest BCUT2D eigenvalue weighted by Crippen LogP contribution is -2.12.